The second kappa shape index (κ2) is 5.74. The van der Waals surface area contributed by atoms with Gasteiger partial charge in [0.25, 0.3) is 5.91 Å². The summed E-state index contributed by atoms with van der Waals surface area (Å²) in [6.07, 6.45) is 0.794. The first-order valence-electron chi connectivity index (χ1n) is 6.76. The molecular weight excluding hydrogens is 291 g/mol. The van der Waals surface area contributed by atoms with Crippen molar-refractivity contribution in [3.05, 3.63) is 58.9 Å². The predicted molar refractivity (Wildman–Crippen MR) is 82.6 cm³/mol. The summed E-state index contributed by atoms with van der Waals surface area (Å²) in [5.41, 5.74) is 1.64. The lowest BCUT2D eigenvalue weighted by Crippen LogP contribution is -2.32. The molecule has 0 aromatic heterocycles. The van der Waals surface area contributed by atoms with Crippen LogP contribution in [0.1, 0.15) is 16.8 Å². The van der Waals surface area contributed by atoms with E-state index in [1.807, 2.05) is 24.3 Å². The Morgan fingerprint density at radius 2 is 2.05 bits per heavy atom. The average molecular weight is 305 g/mol. The van der Waals surface area contributed by atoms with E-state index >= 15 is 0 Å². The van der Waals surface area contributed by atoms with Gasteiger partial charge in [0, 0.05) is 18.1 Å². The van der Waals surface area contributed by atoms with Crippen molar-refractivity contribution < 1.29 is 9.18 Å². The first kappa shape index (κ1) is 13.9. The lowest BCUT2D eigenvalue weighted by atomic mass is 10.1. The maximum absolute atomic E-state index is 13.9. The number of hydrogen-bond donors (Lipinski definition) is 1. The van der Waals surface area contributed by atoms with E-state index in [9.17, 15) is 9.18 Å². The van der Waals surface area contributed by atoms with Gasteiger partial charge in [0.05, 0.1) is 16.9 Å². The Morgan fingerprint density at radius 3 is 2.90 bits per heavy atom. The molecule has 0 atom stereocenters. The third-order valence-electron chi connectivity index (χ3n) is 3.47. The molecule has 21 heavy (non-hydrogen) atoms. The lowest BCUT2D eigenvalue weighted by Gasteiger charge is -2.22. The fourth-order valence-corrected chi connectivity index (χ4v) is 2.63. The molecule has 3 nitrogen and oxygen atoms in total. The Bertz CT molecular complexity index is 690. The van der Waals surface area contributed by atoms with Crippen LogP contribution in [0.5, 0.6) is 0 Å². The molecule has 5 heteroatoms. The molecule has 0 aliphatic carbocycles. The first-order valence-corrected chi connectivity index (χ1v) is 7.14. The standard InChI is InChI=1S/C16H14ClFN2O/c17-11-6-7-13(18)12(10-11)16(21)20-9-3-8-19-14-4-1-2-5-15(14)20/h1-2,4-7,10,19H,3,8-9H2. The van der Waals surface area contributed by atoms with E-state index in [2.05, 4.69) is 5.32 Å². The van der Waals surface area contributed by atoms with Crippen molar-refractivity contribution >= 4 is 28.9 Å². The number of nitrogens with one attached hydrogen (secondary N) is 1. The average Bonchev–Trinajstić information content (AvgIpc) is 2.71. The van der Waals surface area contributed by atoms with Crippen molar-refractivity contribution in [2.45, 2.75) is 6.42 Å². The van der Waals surface area contributed by atoms with E-state index in [4.69, 9.17) is 11.6 Å². The van der Waals surface area contributed by atoms with Gasteiger partial charge in [0.2, 0.25) is 0 Å². The molecule has 0 bridgehead atoms. The van der Waals surface area contributed by atoms with Crippen molar-refractivity contribution in [2.75, 3.05) is 23.3 Å². The van der Waals surface area contributed by atoms with Crippen molar-refractivity contribution in [1.82, 2.24) is 0 Å². The monoisotopic (exact) mass is 304 g/mol. The summed E-state index contributed by atoms with van der Waals surface area (Å²) in [4.78, 5) is 14.3. The zero-order valence-corrected chi connectivity index (χ0v) is 12.0. The highest BCUT2D eigenvalue weighted by molar-refractivity contribution is 6.31. The number of nitrogens with zero attached hydrogens (tertiary/aromatic N) is 1. The van der Waals surface area contributed by atoms with Crippen LogP contribution in [0.4, 0.5) is 15.8 Å². The van der Waals surface area contributed by atoms with Crippen LogP contribution < -0.4 is 10.2 Å². The van der Waals surface area contributed by atoms with E-state index in [1.54, 1.807) is 4.90 Å². The number of para-hydroxylation sites is 2. The van der Waals surface area contributed by atoms with Crippen molar-refractivity contribution in [1.29, 1.82) is 0 Å². The number of fused-ring (bicyclic) bond motifs is 1. The number of rotatable bonds is 1. The predicted octanol–water partition coefficient (Wildman–Crippen LogP) is 3.94. The van der Waals surface area contributed by atoms with Gasteiger partial charge in [0.15, 0.2) is 0 Å². The SMILES string of the molecule is O=C(c1cc(Cl)ccc1F)N1CCCNc2ccccc21. The normalized spacial score (nSPS) is 14.1. The van der Waals surface area contributed by atoms with Crippen LogP contribution in [0.25, 0.3) is 0 Å². The minimum absolute atomic E-state index is 0.000738. The maximum atomic E-state index is 13.9. The van der Waals surface area contributed by atoms with Gasteiger partial charge >= 0.3 is 0 Å². The number of benzene rings is 2. The van der Waals surface area contributed by atoms with Crippen LogP contribution in [0.15, 0.2) is 42.5 Å². The number of anilines is 2. The number of hydrogen-bond acceptors (Lipinski definition) is 2. The summed E-state index contributed by atoms with van der Waals surface area (Å²) in [6.45, 7) is 1.31. The fourth-order valence-electron chi connectivity index (χ4n) is 2.46. The fraction of sp³-hybridized carbons (Fsp3) is 0.188. The topological polar surface area (TPSA) is 32.3 Å². The van der Waals surface area contributed by atoms with Crippen LogP contribution in [0.2, 0.25) is 5.02 Å². The summed E-state index contributed by atoms with van der Waals surface area (Å²) < 4.78 is 13.9. The first-order chi connectivity index (χ1) is 10.2. The second-order valence-corrected chi connectivity index (χ2v) is 5.31. The van der Waals surface area contributed by atoms with Gasteiger partial charge in [-0.2, -0.15) is 0 Å². The summed E-state index contributed by atoms with van der Waals surface area (Å²) in [7, 11) is 0. The quantitative estimate of drug-likeness (QED) is 0.865. The molecule has 0 radical (unpaired) electrons. The minimum atomic E-state index is -0.556. The summed E-state index contributed by atoms with van der Waals surface area (Å²) in [5.74, 6) is -0.926. The Morgan fingerprint density at radius 1 is 1.24 bits per heavy atom. The van der Waals surface area contributed by atoms with Crippen molar-refractivity contribution in [3.8, 4) is 0 Å². The van der Waals surface area contributed by atoms with Gasteiger partial charge in [-0.1, -0.05) is 23.7 Å². The molecule has 0 saturated carbocycles. The molecule has 0 unspecified atom stereocenters. The molecule has 108 valence electrons. The molecule has 1 N–H and O–H groups in total. The zero-order valence-electron chi connectivity index (χ0n) is 11.3. The number of carbonyl (C=O) groups excluding carboxylic acids is 1. The Kier molecular flexibility index (Phi) is 3.80. The van der Waals surface area contributed by atoms with E-state index in [1.165, 1.54) is 18.2 Å². The minimum Gasteiger partial charge on any atom is -0.383 e. The molecular formula is C16H14ClFN2O. The molecule has 0 fully saturated rings. The highest BCUT2D eigenvalue weighted by Gasteiger charge is 2.24. The molecule has 1 heterocycles. The van der Waals surface area contributed by atoms with Crippen LogP contribution in [0, 0.1) is 5.82 Å². The van der Waals surface area contributed by atoms with Gasteiger partial charge in [-0.25, -0.2) is 4.39 Å². The van der Waals surface area contributed by atoms with Gasteiger partial charge < -0.3 is 10.2 Å². The van der Waals surface area contributed by atoms with Crippen LogP contribution >= 0.6 is 11.6 Å². The van der Waals surface area contributed by atoms with E-state index in [-0.39, 0.29) is 11.5 Å². The Labute approximate surface area is 127 Å². The molecule has 0 spiro atoms. The summed E-state index contributed by atoms with van der Waals surface area (Å²) in [5, 5.41) is 3.62. The molecule has 2 aromatic carbocycles. The number of carbonyl (C=O) groups is 1. The third kappa shape index (κ3) is 2.72. The molecule has 1 aliphatic rings. The zero-order chi connectivity index (χ0) is 14.8. The van der Waals surface area contributed by atoms with Gasteiger partial charge in [0.1, 0.15) is 5.82 Å². The van der Waals surface area contributed by atoms with E-state index in [0.717, 1.165) is 24.3 Å². The molecule has 1 aliphatic heterocycles. The van der Waals surface area contributed by atoms with Crippen LogP contribution in [-0.2, 0) is 0 Å². The van der Waals surface area contributed by atoms with E-state index < -0.39 is 5.82 Å². The number of amides is 1. The maximum Gasteiger partial charge on any atom is 0.261 e. The Hall–Kier alpha value is -2.07. The molecule has 3 rings (SSSR count). The largest absolute Gasteiger partial charge is 0.383 e. The molecule has 2 aromatic rings. The molecule has 0 saturated heterocycles. The smallest absolute Gasteiger partial charge is 0.261 e. The van der Waals surface area contributed by atoms with Crippen molar-refractivity contribution in [3.63, 3.8) is 0 Å². The Balaban J connectivity index is 2.03. The van der Waals surface area contributed by atoms with Gasteiger partial charge in [-0.15, -0.1) is 0 Å². The van der Waals surface area contributed by atoms with Gasteiger partial charge in [-0.05, 0) is 36.8 Å². The molecule has 1 amide bonds. The highest BCUT2D eigenvalue weighted by atomic mass is 35.5. The van der Waals surface area contributed by atoms with E-state index in [0.29, 0.717) is 11.6 Å². The summed E-state index contributed by atoms with van der Waals surface area (Å²) in [6, 6.07) is 11.6. The van der Waals surface area contributed by atoms with Crippen LogP contribution in [-0.4, -0.2) is 19.0 Å². The van der Waals surface area contributed by atoms with Crippen molar-refractivity contribution in [2.24, 2.45) is 0 Å². The van der Waals surface area contributed by atoms with Gasteiger partial charge in [-0.3, -0.25) is 4.79 Å². The third-order valence-corrected chi connectivity index (χ3v) is 3.71. The summed E-state index contributed by atoms with van der Waals surface area (Å²) >= 11 is 5.88. The lowest BCUT2D eigenvalue weighted by molar-refractivity contribution is 0.0983. The highest BCUT2D eigenvalue weighted by Crippen LogP contribution is 2.30. The van der Waals surface area contributed by atoms with Crippen LogP contribution in [0.3, 0.4) is 0 Å². The number of halogens is 2. The second-order valence-electron chi connectivity index (χ2n) is 4.88.